The van der Waals surface area contributed by atoms with Crippen LogP contribution in [0.2, 0.25) is 0 Å². The second-order valence-corrected chi connectivity index (χ2v) is 13.4. The minimum Gasteiger partial charge on any atom is -0.502 e. The molecule has 52 heavy (non-hydrogen) atoms. The Bertz CT molecular complexity index is 1390. The van der Waals surface area contributed by atoms with E-state index in [2.05, 4.69) is 21.3 Å². The maximum absolute atomic E-state index is 13.8. The topological polar surface area (TPSA) is 295 Å². The Morgan fingerprint density at radius 1 is 0.962 bits per heavy atom. The lowest BCUT2D eigenvalue weighted by molar-refractivity contribution is -0.385. The van der Waals surface area contributed by atoms with Crippen LogP contribution in [-0.4, -0.2) is 107 Å². The number of aldehydes is 1. The van der Waals surface area contributed by atoms with Crippen LogP contribution in [0.5, 0.6) is 5.75 Å². The number of nitrogens with zero attached hydrogens (tertiary/aromatic N) is 2. The number of nitro groups is 1. The molecule has 0 saturated carbocycles. The fraction of sp³-hybridized carbons (Fsp3) is 0.647. The summed E-state index contributed by atoms with van der Waals surface area (Å²) in [6.07, 6.45) is 3.90. The molecule has 18 nitrogen and oxygen atoms in total. The molecule has 0 radical (unpaired) electrons. The van der Waals surface area contributed by atoms with Crippen LogP contribution in [0, 0.1) is 16.0 Å². The summed E-state index contributed by atoms with van der Waals surface area (Å²) in [5, 5.41) is 31.6. The maximum Gasteiger partial charge on any atom is 0.310 e. The van der Waals surface area contributed by atoms with Crippen molar-refractivity contribution in [2.75, 3.05) is 26.2 Å². The van der Waals surface area contributed by atoms with Crippen molar-refractivity contribution in [3.63, 3.8) is 0 Å². The van der Waals surface area contributed by atoms with Gasteiger partial charge in [0.1, 0.15) is 30.5 Å². The first-order valence-corrected chi connectivity index (χ1v) is 17.8. The molecule has 1 aliphatic heterocycles. The Balaban J connectivity index is 2.31. The van der Waals surface area contributed by atoms with Gasteiger partial charge in [0.2, 0.25) is 29.5 Å². The quantitative estimate of drug-likeness (QED) is 0.0298. The Kier molecular flexibility index (Phi) is 18.6. The van der Waals surface area contributed by atoms with Crippen LogP contribution in [0.1, 0.15) is 77.2 Å². The Morgan fingerprint density at radius 3 is 2.12 bits per heavy atom. The van der Waals surface area contributed by atoms with E-state index >= 15 is 0 Å². The lowest BCUT2D eigenvalue weighted by atomic mass is 10.0. The third-order valence-corrected chi connectivity index (χ3v) is 8.71. The molecule has 1 aromatic carbocycles. The standard InChI is InChI=1S/C34H55N9O9/c1-21(2)18-23(37)34(50)42-16-7-10-27(42)33(49)40-25(9-4-6-14-36)31(47)39-24(8-3-5-13-35)32(48)41-26(30(46)38-15-17-44)19-22-11-12-29(45)28(20-22)43(51)52/h11-12,17,20-21,23-27,45H,3-10,13-16,18-19,35-37H2,1-2H3,(H,38,46)(H,39,47)(H,40,49)(H,41,48)/t23-,24-,25-,26-,27-/m0/s1. The fourth-order valence-electron chi connectivity index (χ4n) is 6.01. The lowest BCUT2D eigenvalue weighted by Crippen LogP contribution is -2.58. The van der Waals surface area contributed by atoms with Crippen molar-refractivity contribution < 1.29 is 38.8 Å². The zero-order valence-electron chi connectivity index (χ0n) is 30.0. The van der Waals surface area contributed by atoms with Crippen LogP contribution < -0.4 is 38.5 Å². The highest BCUT2D eigenvalue weighted by Gasteiger charge is 2.38. The number of nitrogens with one attached hydrogen (secondary N) is 4. The molecule has 1 aliphatic rings. The summed E-state index contributed by atoms with van der Waals surface area (Å²) in [4.78, 5) is 90.3. The molecule has 11 N–H and O–H groups in total. The number of unbranched alkanes of at least 4 members (excludes halogenated alkanes) is 2. The first-order valence-electron chi connectivity index (χ1n) is 17.8. The summed E-state index contributed by atoms with van der Waals surface area (Å²) in [6.45, 7) is 4.55. The van der Waals surface area contributed by atoms with Gasteiger partial charge in [0.15, 0.2) is 5.75 Å². The SMILES string of the molecule is CC(C)C[C@H](N)C(=O)N1CCC[C@H]1C(=O)N[C@@H](CCCCN)C(=O)N[C@@H](CCCCN)C(=O)N[C@@H](Cc1ccc(O)c([N+](=O)[O-])c1)C(=O)NCC=O. The Morgan fingerprint density at radius 2 is 1.56 bits per heavy atom. The molecule has 0 unspecified atom stereocenters. The predicted molar refractivity (Wildman–Crippen MR) is 191 cm³/mol. The second kappa shape index (κ2) is 22.3. The van der Waals surface area contributed by atoms with Gasteiger partial charge in [-0.25, -0.2) is 0 Å². The molecule has 290 valence electrons. The smallest absolute Gasteiger partial charge is 0.310 e. The van der Waals surface area contributed by atoms with Gasteiger partial charge >= 0.3 is 5.69 Å². The highest BCUT2D eigenvalue weighted by Crippen LogP contribution is 2.27. The van der Waals surface area contributed by atoms with Crippen molar-refractivity contribution >= 4 is 41.5 Å². The third-order valence-electron chi connectivity index (χ3n) is 8.71. The normalized spacial score (nSPS) is 16.3. The number of benzene rings is 1. The van der Waals surface area contributed by atoms with E-state index < -0.39 is 70.2 Å². The van der Waals surface area contributed by atoms with Crippen molar-refractivity contribution in [1.82, 2.24) is 26.2 Å². The summed E-state index contributed by atoms with van der Waals surface area (Å²) < 4.78 is 0. The number of carbonyl (C=O) groups excluding carboxylic acids is 6. The molecule has 2 rings (SSSR count). The van der Waals surface area contributed by atoms with Crippen molar-refractivity contribution in [3.8, 4) is 5.75 Å². The van der Waals surface area contributed by atoms with Crippen LogP contribution in [0.15, 0.2) is 18.2 Å². The molecule has 18 heteroatoms. The number of nitro benzene ring substituents is 1. The number of carbonyl (C=O) groups is 6. The van der Waals surface area contributed by atoms with E-state index in [1.807, 2.05) is 13.8 Å². The van der Waals surface area contributed by atoms with E-state index in [1.54, 1.807) is 0 Å². The van der Waals surface area contributed by atoms with Gasteiger partial charge in [0.25, 0.3) is 0 Å². The number of phenols is 1. The number of phenolic OH excluding ortho intramolecular Hbond substituents is 1. The van der Waals surface area contributed by atoms with Gasteiger partial charge in [-0.05, 0) is 88.4 Å². The summed E-state index contributed by atoms with van der Waals surface area (Å²) in [5.41, 5.74) is 17.1. The van der Waals surface area contributed by atoms with Crippen molar-refractivity contribution in [2.45, 2.75) is 108 Å². The molecule has 1 aromatic rings. The maximum atomic E-state index is 13.8. The van der Waals surface area contributed by atoms with Crippen molar-refractivity contribution in [2.24, 2.45) is 23.1 Å². The predicted octanol–water partition coefficient (Wildman–Crippen LogP) is -0.765. The van der Waals surface area contributed by atoms with Crippen LogP contribution >= 0.6 is 0 Å². The molecule has 1 fully saturated rings. The summed E-state index contributed by atoms with van der Waals surface area (Å²) >= 11 is 0. The van der Waals surface area contributed by atoms with Crippen LogP contribution in [0.3, 0.4) is 0 Å². The molecular formula is C34H55N9O9. The average molecular weight is 734 g/mol. The zero-order valence-corrected chi connectivity index (χ0v) is 30.0. The minimum absolute atomic E-state index is 0.115. The first kappa shape index (κ1) is 43.5. The van der Waals surface area contributed by atoms with Gasteiger partial charge in [0.05, 0.1) is 17.5 Å². The van der Waals surface area contributed by atoms with E-state index in [0.717, 1.165) is 12.1 Å². The number of rotatable bonds is 23. The van der Waals surface area contributed by atoms with E-state index in [-0.39, 0.29) is 43.2 Å². The van der Waals surface area contributed by atoms with E-state index in [1.165, 1.54) is 11.0 Å². The molecule has 5 atom stereocenters. The summed E-state index contributed by atoms with van der Waals surface area (Å²) in [6, 6.07) is -1.70. The summed E-state index contributed by atoms with van der Waals surface area (Å²) in [5.74, 6) is -3.45. The molecule has 0 aliphatic carbocycles. The van der Waals surface area contributed by atoms with E-state index in [4.69, 9.17) is 17.2 Å². The Labute approximate surface area is 303 Å². The van der Waals surface area contributed by atoms with Gasteiger partial charge < -0.3 is 53.3 Å². The van der Waals surface area contributed by atoms with Gasteiger partial charge in [-0.2, -0.15) is 0 Å². The molecule has 0 bridgehead atoms. The summed E-state index contributed by atoms with van der Waals surface area (Å²) in [7, 11) is 0. The van der Waals surface area contributed by atoms with Crippen LogP contribution in [0.25, 0.3) is 0 Å². The largest absolute Gasteiger partial charge is 0.502 e. The highest BCUT2D eigenvalue weighted by atomic mass is 16.6. The molecule has 1 saturated heterocycles. The molecular weight excluding hydrogens is 678 g/mol. The Hall–Kier alpha value is -4.68. The van der Waals surface area contributed by atoms with E-state index in [9.17, 15) is 44.0 Å². The number of amides is 5. The second-order valence-electron chi connectivity index (χ2n) is 13.4. The monoisotopic (exact) mass is 733 g/mol. The third kappa shape index (κ3) is 13.8. The number of nitrogens with two attached hydrogens (primary N) is 3. The van der Waals surface area contributed by atoms with Gasteiger partial charge in [0, 0.05) is 19.0 Å². The molecule has 1 heterocycles. The van der Waals surface area contributed by atoms with Crippen molar-refractivity contribution in [3.05, 3.63) is 33.9 Å². The molecule has 5 amide bonds. The van der Waals surface area contributed by atoms with Gasteiger partial charge in [-0.15, -0.1) is 0 Å². The van der Waals surface area contributed by atoms with Crippen LogP contribution in [0.4, 0.5) is 5.69 Å². The highest BCUT2D eigenvalue weighted by molar-refractivity contribution is 5.96. The fourth-order valence-corrected chi connectivity index (χ4v) is 6.01. The van der Waals surface area contributed by atoms with Gasteiger partial charge in [-0.1, -0.05) is 19.9 Å². The number of hydrogen-bond acceptors (Lipinski definition) is 12. The minimum atomic E-state index is -1.33. The lowest BCUT2D eigenvalue weighted by Gasteiger charge is -2.29. The van der Waals surface area contributed by atoms with Gasteiger partial charge in [-0.3, -0.25) is 34.1 Å². The average Bonchev–Trinajstić information content (AvgIpc) is 3.59. The number of likely N-dealkylation sites (tertiary alicyclic amines) is 1. The van der Waals surface area contributed by atoms with Crippen LogP contribution in [-0.2, 0) is 35.2 Å². The number of aromatic hydroxyl groups is 1. The molecule has 0 aromatic heterocycles. The first-order chi connectivity index (χ1) is 24.7. The van der Waals surface area contributed by atoms with Crippen molar-refractivity contribution in [1.29, 1.82) is 0 Å². The zero-order chi connectivity index (χ0) is 38.8. The molecule has 0 spiro atoms. The van der Waals surface area contributed by atoms with E-state index in [0.29, 0.717) is 70.9 Å². The number of hydrogen-bond donors (Lipinski definition) is 8.